The third-order valence-electron chi connectivity index (χ3n) is 3.98. The fourth-order valence-electron chi connectivity index (χ4n) is 2.43. The summed E-state index contributed by atoms with van der Waals surface area (Å²) in [6.07, 6.45) is 2.98. The van der Waals surface area contributed by atoms with Gasteiger partial charge in [-0.2, -0.15) is 0 Å². The van der Waals surface area contributed by atoms with E-state index in [1.165, 1.54) is 36.7 Å². The first-order chi connectivity index (χ1) is 14.3. The van der Waals surface area contributed by atoms with Crippen molar-refractivity contribution in [1.29, 1.82) is 0 Å². The van der Waals surface area contributed by atoms with E-state index in [1.54, 1.807) is 24.3 Å². The highest BCUT2D eigenvalue weighted by atomic mass is 16.6. The molecule has 0 fully saturated rings. The van der Waals surface area contributed by atoms with Gasteiger partial charge in [0.2, 0.25) is 0 Å². The minimum atomic E-state index is -0.607. The molecule has 0 bridgehead atoms. The summed E-state index contributed by atoms with van der Waals surface area (Å²) in [6.45, 7) is 0. The van der Waals surface area contributed by atoms with Gasteiger partial charge in [-0.25, -0.2) is 0 Å². The van der Waals surface area contributed by atoms with Crippen LogP contribution < -0.4 is 0 Å². The number of hydrogen-bond donors (Lipinski definition) is 2. The van der Waals surface area contributed by atoms with Gasteiger partial charge in [-0.3, -0.25) is 30.2 Å². The first-order valence-electron chi connectivity index (χ1n) is 8.46. The Bertz CT molecular complexity index is 1080. The molecule has 150 valence electrons. The molecule has 0 aliphatic heterocycles. The van der Waals surface area contributed by atoms with E-state index in [9.17, 15) is 30.4 Å². The first kappa shape index (κ1) is 20.1. The van der Waals surface area contributed by atoms with Crippen LogP contribution in [0.4, 0.5) is 22.7 Å². The van der Waals surface area contributed by atoms with Crippen LogP contribution in [0.1, 0.15) is 11.1 Å². The third kappa shape index (κ3) is 4.81. The summed E-state index contributed by atoms with van der Waals surface area (Å²) in [5.41, 5.74) is 1.36. The molecule has 30 heavy (non-hydrogen) atoms. The van der Waals surface area contributed by atoms with E-state index in [0.29, 0.717) is 11.1 Å². The van der Waals surface area contributed by atoms with E-state index in [4.69, 9.17) is 0 Å². The van der Waals surface area contributed by atoms with Crippen LogP contribution in [0.2, 0.25) is 0 Å². The van der Waals surface area contributed by atoms with Crippen molar-refractivity contribution in [2.45, 2.75) is 0 Å². The van der Waals surface area contributed by atoms with Crippen LogP contribution in [0, 0.1) is 20.2 Å². The van der Waals surface area contributed by atoms with E-state index in [1.807, 2.05) is 0 Å². The molecule has 3 rings (SSSR count). The van der Waals surface area contributed by atoms with E-state index < -0.39 is 9.85 Å². The maximum atomic E-state index is 10.7. The summed E-state index contributed by atoms with van der Waals surface area (Å²) in [4.78, 5) is 28.4. The van der Waals surface area contributed by atoms with Crippen LogP contribution in [-0.2, 0) is 0 Å². The Morgan fingerprint density at radius 3 is 1.33 bits per heavy atom. The van der Waals surface area contributed by atoms with Crippen molar-refractivity contribution in [2.24, 2.45) is 9.98 Å². The molecule has 0 aliphatic rings. The lowest BCUT2D eigenvalue weighted by Gasteiger charge is -2.00. The molecule has 0 atom stereocenters. The molecule has 0 aromatic heterocycles. The number of phenols is 2. The number of nitro benzene ring substituents is 2. The zero-order valence-corrected chi connectivity index (χ0v) is 15.2. The molecule has 0 unspecified atom stereocenters. The SMILES string of the molecule is O=[N+]([O-])c1ccc(N=Cc2ccc(C=Nc3ccc([N+](=O)[O-])cc3O)cc2)c(O)c1. The Labute approximate surface area is 169 Å². The van der Waals surface area contributed by atoms with Crippen molar-refractivity contribution in [3.8, 4) is 11.5 Å². The van der Waals surface area contributed by atoms with Crippen LogP contribution in [0.5, 0.6) is 11.5 Å². The fourth-order valence-corrected chi connectivity index (χ4v) is 2.43. The number of phenolic OH excluding ortho intramolecular Hbond substituents is 2. The molecule has 0 saturated carbocycles. The topological polar surface area (TPSA) is 151 Å². The van der Waals surface area contributed by atoms with Crippen LogP contribution in [0.25, 0.3) is 0 Å². The van der Waals surface area contributed by atoms with Crippen LogP contribution in [-0.4, -0.2) is 32.5 Å². The van der Waals surface area contributed by atoms with Crippen molar-refractivity contribution in [3.05, 3.63) is 92.0 Å². The normalized spacial score (nSPS) is 11.2. The quantitative estimate of drug-likeness (QED) is 0.351. The predicted molar refractivity (Wildman–Crippen MR) is 110 cm³/mol. The fraction of sp³-hybridized carbons (Fsp3) is 0. The van der Waals surface area contributed by atoms with Gasteiger partial charge in [0.05, 0.1) is 22.0 Å². The predicted octanol–water partition coefficient (Wildman–Crippen LogP) is 4.42. The summed E-state index contributed by atoms with van der Waals surface area (Å²) < 4.78 is 0. The zero-order chi connectivity index (χ0) is 21.7. The van der Waals surface area contributed by atoms with Crippen LogP contribution in [0.3, 0.4) is 0 Å². The van der Waals surface area contributed by atoms with Gasteiger partial charge in [0, 0.05) is 24.6 Å². The maximum Gasteiger partial charge on any atom is 0.273 e. The number of nitro groups is 2. The molecular formula is C20H14N4O6. The van der Waals surface area contributed by atoms with Crippen LogP contribution in [0.15, 0.2) is 70.6 Å². The second kappa shape index (κ2) is 8.61. The summed E-state index contributed by atoms with van der Waals surface area (Å²) in [5, 5.41) is 41.0. The molecule has 3 aromatic rings. The number of rotatable bonds is 6. The maximum absolute atomic E-state index is 10.7. The first-order valence-corrected chi connectivity index (χ1v) is 8.46. The Kier molecular flexibility index (Phi) is 5.78. The van der Waals surface area contributed by atoms with Crippen molar-refractivity contribution >= 4 is 35.2 Å². The highest BCUT2D eigenvalue weighted by Gasteiger charge is 2.10. The summed E-state index contributed by atoms with van der Waals surface area (Å²) in [6, 6.07) is 14.2. The Morgan fingerprint density at radius 2 is 1.03 bits per heavy atom. The summed E-state index contributed by atoms with van der Waals surface area (Å²) >= 11 is 0. The number of aromatic hydroxyl groups is 2. The molecule has 0 radical (unpaired) electrons. The van der Waals surface area contributed by atoms with Gasteiger partial charge < -0.3 is 10.2 Å². The highest BCUT2D eigenvalue weighted by Crippen LogP contribution is 2.31. The summed E-state index contributed by atoms with van der Waals surface area (Å²) in [5.74, 6) is -0.598. The average molecular weight is 406 g/mol. The lowest BCUT2D eigenvalue weighted by atomic mass is 10.1. The van der Waals surface area contributed by atoms with Crippen molar-refractivity contribution in [2.75, 3.05) is 0 Å². The monoisotopic (exact) mass is 406 g/mol. The minimum absolute atomic E-state index is 0.194. The van der Waals surface area contributed by atoms with Gasteiger partial charge in [-0.1, -0.05) is 24.3 Å². The largest absolute Gasteiger partial charge is 0.505 e. The second-order valence-electron chi connectivity index (χ2n) is 6.04. The van der Waals surface area contributed by atoms with Crippen molar-refractivity contribution in [1.82, 2.24) is 0 Å². The van der Waals surface area contributed by atoms with E-state index in [2.05, 4.69) is 9.98 Å². The molecular weight excluding hydrogens is 392 g/mol. The molecule has 0 saturated heterocycles. The Morgan fingerprint density at radius 1 is 0.667 bits per heavy atom. The van der Waals surface area contributed by atoms with E-state index >= 15 is 0 Å². The molecule has 3 aromatic carbocycles. The summed E-state index contributed by atoms with van der Waals surface area (Å²) in [7, 11) is 0. The van der Waals surface area contributed by atoms with E-state index in [0.717, 1.165) is 12.1 Å². The molecule has 10 nitrogen and oxygen atoms in total. The third-order valence-corrected chi connectivity index (χ3v) is 3.98. The van der Waals surface area contributed by atoms with E-state index in [-0.39, 0.29) is 34.2 Å². The number of non-ortho nitro benzene ring substituents is 2. The van der Waals surface area contributed by atoms with Gasteiger partial charge in [0.15, 0.2) is 0 Å². The Hall–Kier alpha value is -4.60. The number of benzene rings is 3. The highest BCUT2D eigenvalue weighted by molar-refractivity contribution is 5.87. The van der Waals surface area contributed by atoms with Gasteiger partial charge in [0.25, 0.3) is 11.4 Å². The van der Waals surface area contributed by atoms with Crippen molar-refractivity contribution < 1.29 is 20.1 Å². The lowest BCUT2D eigenvalue weighted by Crippen LogP contribution is -1.87. The standard InChI is InChI=1S/C20H14N4O6/c25-19-9-15(23(27)28)5-7-17(19)21-11-13-1-2-14(4-3-13)12-22-18-8-6-16(24(29)30)10-20(18)26/h1-12,25-26H. The van der Waals surface area contributed by atoms with Gasteiger partial charge in [0.1, 0.15) is 22.9 Å². The second-order valence-corrected chi connectivity index (χ2v) is 6.04. The van der Waals surface area contributed by atoms with Gasteiger partial charge in [-0.15, -0.1) is 0 Å². The Balaban J connectivity index is 1.71. The number of nitrogens with zero attached hydrogens (tertiary/aromatic N) is 4. The zero-order valence-electron chi connectivity index (χ0n) is 15.2. The average Bonchev–Trinajstić information content (AvgIpc) is 2.72. The number of hydrogen-bond acceptors (Lipinski definition) is 8. The molecule has 0 heterocycles. The van der Waals surface area contributed by atoms with Crippen LogP contribution >= 0.6 is 0 Å². The molecule has 10 heteroatoms. The molecule has 0 spiro atoms. The van der Waals surface area contributed by atoms with Crippen molar-refractivity contribution in [3.63, 3.8) is 0 Å². The minimum Gasteiger partial charge on any atom is -0.505 e. The number of aliphatic imine (C=N–C) groups is 2. The van der Waals surface area contributed by atoms with Gasteiger partial charge in [-0.05, 0) is 23.3 Å². The lowest BCUT2D eigenvalue weighted by molar-refractivity contribution is -0.385. The molecule has 0 aliphatic carbocycles. The molecule has 2 N–H and O–H groups in total. The smallest absolute Gasteiger partial charge is 0.273 e. The molecule has 0 amide bonds. The van der Waals surface area contributed by atoms with Gasteiger partial charge >= 0.3 is 0 Å².